The first-order valence-electron chi connectivity index (χ1n) is 7.27. The van der Waals surface area contributed by atoms with Crippen LogP contribution in [-0.4, -0.2) is 33.7 Å². The molecule has 3 nitrogen and oxygen atoms in total. The Hall–Kier alpha value is -0.610. The van der Waals surface area contributed by atoms with E-state index in [0.717, 1.165) is 42.6 Å². The highest BCUT2D eigenvalue weighted by Gasteiger charge is 2.36. The van der Waals surface area contributed by atoms with Gasteiger partial charge in [-0.05, 0) is 44.4 Å². The highest BCUT2D eigenvalue weighted by atomic mass is 32.2. The Morgan fingerprint density at radius 2 is 2.05 bits per heavy atom. The number of hydrogen-bond donors (Lipinski definition) is 0. The van der Waals surface area contributed by atoms with Gasteiger partial charge >= 0.3 is 0 Å². The second-order valence-corrected chi connectivity index (χ2v) is 7.81. The molecule has 1 aromatic rings. The lowest BCUT2D eigenvalue weighted by atomic mass is 10.1. The fraction of sp³-hybridized carbons (Fsp3) is 0.733. The molecule has 1 aliphatic carbocycles. The van der Waals surface area contributed by atoms with E-state index >= 15 is 0 Å². The van der Waals surface area contributed by atoms with E-state index in [9.17, 15) is 4.21 Å². The number of hydrogen-bond acceptors (Lipinski definition) is 3. The van der Waals surface area contributed by atoms with Gasteiger partial charge in [-0.2, -0.15) is 0 Å². The molecule has 2 heterocycles. The normalized spacial score (nSPS) is 34.7. The average Bonchev–Trinajstić information content (AvgIpc) is 2.94. The Morgan fingerprint density at radius 3 is 2.68 bits per heavy atom. The fourth-order valence-corrected chi connectivity index (χ4v) is 4.27. The molecule has 2 fully saturated rings. The summed E-state index contributed by atoms with van der Waals surface area (Å²) in [4.78, 5) is 2.36. The molecule has 2 unspecified atom stereocenters. The Labute approximate surface area is 117 Å². The first-order valence-corrected chi connectivity index (χ1v) is 8.76. The zero-order valence-corrected chi connectivity index (χ0v) is 12.6. The van der Waals surface area contributed by atoms with Crippen LogP contribution in [0.3, 0.4) is 0 Å². The van der Waals surface area contributed by atoms with Crippen molar-refractivity contribution in [1.29, 1.82) is 0 Å². The van der Waals surface area contributed by atoms with Gasteiger partial charge in [0.1, 0.15) is 11.5 Å². The molecule has 0 aromatic carbocycles. The zero-order chi connectivity index (χ0) is 13.4. The summed E-state index contributed by atoms with van der Waals surface area (Å²) < 4.78 is 17.3. The third kappa shape index (κ3) is 3.11. The van der Waals surface area contributed by atoms with Gasteiger partial charge in [-0.25, -0.2) is 0 Å². The lowest BCUT2D eigenvalue weighted by Crippen LogP contribution is -2.36. The maximum Gasteiger partial charge on any atom is 0.118 e. The molecule has 0 radical (unpaired) electrons. The van der Waals surface area contributed by atoms with Crippen LogP contribution in [0.15, 0.2) is 16.5 Å². The zero-order valence-electron chi connectivity index (χ0n) is 11.8. The van der Waals surface area contributed by atoms with Gasteiger partial charge in [0, 0.05) is 34.3 Å². The molecule has 3 rings (SSSR count). The molecule has 0 amide bonds. The predicted molar refractivity (Wildman–Crippen MR) is 77.6 cm³/mol. The summed E-state index contributed by atoms with van der Waals surface area (Å²) in [5, 5.41) is 0. The number of rotatable bonds is 4. The minimum absolute atomic E-state index is 0.561. The molecular weight excluding hydrogens is 258 g/mol. The predicted octanol–water partition coefficient (Wildman–Crippen LogP) is 2.75. The Kier molecular flexibility index (Phi) is 3.81. The van der Waals surface area contributed by atoms with Crippen molar-refractivity contribution in [2.75, 3.05) is 18.6 Å². The molecule has 1 aliphatic heterocycles. The van der Waals surface area contributed by atoms with E-state index in [1.807, 2.05) is 0 Å². The summed E-state index contributed by atoms with van der Waals surface area (Å²) in [5.74, 6) is 5.42. The minimum atomic E-state index is -0.572. The van der Waals surface area contributed by atoms with Gasteiger partial charge < -0.3 is 4.42 Å². The van der Waals surface area contributed by atoms with Crippen LogP contribution in [0.2, 0.25) is 0 Å². The molecule has 0 N–H and O–H groups in total. The second kappa shape index (κ2) is 5.41. The molecule has 1 aromatic heterocycles. The summed E-state index contributed by atoms with van der Waals surface area (Å²) in [5.41, 5.74) is 0. The van der Waals surface area contributed by atoms with Crippen molar-refractivity contribution in [2.24, 2.45) is 5.92 Å². The maximum atomic E-state index is 11.4. The van der Waals surface area contributed by atoms with Crippen LogP contribution in [0.5, 0.6) is 0 Å². The number of furan rings is 1. The quantitative estimate of drug-likeness (QED) is 0.851. The lowest BCUT2D eigenvalue weighted by Gasteiger charge is -2.30. The highest BCUT2D eigenvalue weighted by Crippen LogP contribution is 2.47. The monoisotopic (exact) mass is 281 g/mol. The SMILES string of the molecule is CC1CC1c1ccc(CN(C)C2CCS(=O)CC2)o1. The van der Waals surface area contributed by atoms with E-state index in [1.54, 1.807) is 0 Å². The van der Waals surface area contributed by atoms with Crippen molar-refractivity contribution >= 4 is 10.8 Å². The average molecular weight is 281 g/mol. The third-order valence-corrected chi connectivity index (χ3v) is 5.93. The molecule has 106 valence electrons. The van der Waals surface area contributed by atoms with Gasteiger partial charge in [0.25, 0.3) is 0 Å². The van der Waals surface area contributed by atoms with Crippen LogP contribution in [0, 0.1) is 5.92 Å². The van der Waals surface area contributed by atoms with Gasteiger partial charge in [-0.15, -0.1) is 0 Å². The van der Waals surface area contributed by atoms with Crippen molar-refractivity contribution in [3.8, 4) is 0 Å². The van der Waals surface area contributed by atoms with Crippen LogP contribution >= 0.6 is 0 Å². The molecule has 1 saturated heterocycles. The molecule has 0 spiro atoms. The summed E-state index contributed by atoms with van der Waals surface area (Å²) in [6, 6.07) is 4.83. The molecule has 2 aliphatic rings. The smallest absolute Gasteiger partial charge is 0.118 e. The first-order chi connectivity index (χ1) is 9.13. The standard InChI is InChI=1S/C15H23NO2S/c1-11-9-14(11)15-4-3-13(18-15)10-16(2)12-5-7-19(17)8-6-12/h3-4,11-12,14H,5-10H2,1-2H3. The van der Waals surface area contributed by atoms with Crippen LogP contribution in [-0.2, 0) is 17.3 Å². The van der Waals surface area contributed by atoms with E-state index in [-0.39, 0.29) is 0 Å². The molecule has 4 heteroatoms. The van der Waals surface area contributed by atoms with E-state index in [2.05, 4.69) is 31.0 Å². The Morgan fingerprint density at radius 1 is 1.37 bits per heavy atom. The largest absolute Gasteiger partial charge is 0.464 e. The second-order valence-electron chi connectivity index (χ2n) is 6.12. The fourth-order valence-electron chi connectivity index (χ4n) is 2.99. The van der Waals surface area contributed by atoms with Crippen LogP contribution in [0.25, 0.3) is 0 Å². The van der Waals surface area contributed by atoms with Crippen molar-refractivity contribution < 1.29 is 8.63 Å². The minimum Gasteiger partial charge on any atom is -0.464 e. The molecule has 19 heavy (non-hydrogen) atoms. The van der Waals surface area contributed by atoms with Crippen molar-refractivity contribution in [2.45, 2.75) is 44.7 Å². The van der Waals surface area contributed by atoms with Gasteiger partial charge in [0.15, 0.2) is 0 Å². The summed E-state index contributed by atoms with van der Waals surface area (Å²) >= 11 is 0. The van der Waals surface area contributed by atoms with Crippen molar-refractivity contribution in [1.82, 2.24) is 4.90 Å². The van der Waals surface area contributed by atoms with Gasteiger partial charge in [-0.3, -0.25) is 9.11 Å². The summed E-state index contributed by atoms with van der Waals surface area (Å²) in [7, 11) is 1.58. The Balaban J connectivity index is 1.55. The summed E-state index contributed by atoms with van der Waals surface area (Å²) in [6.45, 7) is 3.15. The van der Waals surface area contributed by atoms with Crippen LogP contribution < -0.4 is 0 Å². The van der Waals surface area contributed by atoms with Gasteiger partial charge in [0.2, 0.25) is 0 Å². The molecular formula is C15H23NO2S. The highest BCUT2D eigenvalue weighted by molar-refractivity contribution is 7.85. The van der Waals surface area contributed by atoms with E-state index < -0.39 is 10.8 Å². The molecule has 0 bridgehead atoms. The van der Waals surface area contributed by atoms with Crippen LogP contribution in [0.1, 0.15) is 43.6 Å². The van der Waals surface area contributed by atoms with Gasteiger partial charge in [-0.1, -0.05) is 6.92 Å². The van der Waals surface area contributed by atoms with Crippen molar-refractivity contribution in [3.05, 3.63) is 23.7 Å². The first kappa shape index (κ1) is 13.4. The van der Waals surface area contributed by atoms with Crippen molar-refractivity contribution in [3.63, 3.8) is 0 Å². The maximum absolute atomic E-state index is 11.4. The lowest BCUT2D eigenvalue weighted by molar-refractivity contribution is 0.202. The van der Waals surface area contributed by atoms with Gasteiger partial charge in [0.05, 0.1) is 6.54 Å². The summed E-state index contributed by atoms with van der Waals surface area (Å²) in [6.07, 6.45) is 3.38. The molecule has 2 atom stereocenters. The van der Waals surface area contributed by atoms with Crippen LogP contribution in [0.4, 0.5) is 0 Å². The topological polar surface area (TPSA) is 33.5 Å². The van der Waals surface area contributed by atoms with E-state index in [1.165, 1.54) is 12.2 Å². The van der Waals surface area contributed by atoms with E-state index in [4.69, 9.17) is 4.42 Å². The molecule has 1 saturated carbocycles. The van der Waals surface area contributed by atoms with E-state index in [0.29, 0.717) is 12.0 Å². The third-order valence-electron chi connectivity index (χ3n) is 4.54. The number of nitrogens with zero attached hydrogens (tertiary/aromatic N) is 1. The Bertz CT molecular complexity index is 460.